The largest absolute Gasteiger partial charge is 0.344 e. The highest BCUT2D eigenvalue weighted by molar-refractivity contribution is 5.87. The van der Waals surface area contributed by atoms with Gasteiger partial charge in [0.15, 0.2) is 0 Å². The summed E-state index contributed by atoms with van der Waals surface area (Å²) in [6.45, 7) is 4.79. The molecule has 2 spiro atoms. The molecule has 0 N–H and O–H groups in total. The molecule has 2 saturated carbocycles. The summed E-state index contributed by atoms with van der Waals surface area (Å²) in [5, 5.41) is 0. The third-order valence-corrected chi connectivity index (χ3v) is 14.9. The van der Waals surface area contributed by atoms with Gasteiger partial charge < -0.3 is 9.80 Å². The third kappa shape index (κ3) is 5.08. The van der Waals surface area contributed by atoms with Crippen LogP contribution in [0, 0.1) is 0 Å². The molecule has 6 aromatic rings. The first kappa shape index (κ1) is 34.6. The summed E-state index contributed by atoms with van der Waals surface area (Å²) in [4.78, 5) is 4.83. The van der Waals surface area contributed by atoms with Crippen molar-refractivity contribution in [2.24, 2.45) is 0 Å². The van der Waals surface area contributed by atoms with Crippen molar-refractivity contribution in [3.05, 3.63) is 177 Å². The first-order valence-electron chi connectivity index (χ1n) is 21.4. The molecule has 0 saturated heterocycles. The van der Waals surface area contributed by atoms with Crippen molar-refractivity contribution >= 4 is 47.1 Å². The van der Waals surface area contributed by atoms with Crippen molar-refractivity contribution in [1.29, 1.82) is 0 Å². The Morgan fingerprint density at radius 3 is 1.16 bits per heavy atom. The summed E-state index contributed by atoms with van der Waals surface area (Å²) in [6, 6.07) is 46.7. The number of fused-ring (bicyclic) bond motifs is 11. The van der Waals surface area contributed by atoms with Gasteiger partial charge in [-0.15, -0.1) is 0 Å². The lowest BCUT2D eigenvalue weighted by atomic mass is 9.69. The predicted molar refractivity (Wildman–Crippen MR) is 242 cm³/mol. The molecule has 2 nitrogen and oxygen atoms in total. The monoisotopic (exact) mass is 740 g/mol. The number of rotatable bonds is 4. The Morgan fingerprint density at radius 2 is 0.737 bits per heavy atom. The highest BCUT2D eigenvalue weighted by Gasteiger charge is 2.45. The second-order valence-corrected chi connectivity index (χ2v) is 18.2. The molecule has 0 bridgehead atoms. The van der Waals surface area contributed by atoms with Crippen LogP contribution in [0.2, 0.25) is 0 Å². The van der Waals surface area contributed by atoms with Gasteiger partial charge in [0.1, 0.15) is 0 Å². The Balaban J connectivity index is 0.858. The molecular weight excluding hydrogens is 689 g/mol. The zero-order valence-electron chi connectivity index (χ0n) is 33.9. The van der Waals surface area contributed by atoms with Gasteiger partial charge >= 0.3 is 0 Å². The molecule has 6 aromatic carbocycles. The van der Waals surface area contributed by atoms with Crippen molar-refractivity contribution in [3.63, 3.8) is 0 Å². The summed E-state index contributed by atoms with van der Waals surface area (Å²) in [5.74, 6) is 0. The molecule has 282 valence electrons. The number of nitrogens with zero attached hydrogens (tertiary/aromatic N) is 2. The molecule has 11 rings (SSSR count). The van der Waals surface area contributed by atoms with Gasteiger partial charge in [-0.2, -0.15) is 0 Å². The Kier molecular flexibility index (Phi) is 7.72. The molecule has 57 heavy (non-hydrogen) atoms. The van der Waals surface area contributed by atoms with Crippen molar-refractivity contribution in [3.8, 4) is 11.1 Å². The highest BCUT2D eigenvalue weighted by atomic mass is 15.1. The van der Waals surface area contributed by atoms with Gasteiger partial charge in [-0.3, -0.25) is 0 Å². The number of hydrogen-bond acceptors (Lipinski definition) is 2. The van der Waals surface area contributed by atoms with Gasteiger partial charge in [0.25, 0.3) is 0 Å². The molecule has 0 amide bonds. The van der Waals surface area contributed by atoms with Gasteiger partial charge in [0, 0.05) is 53.1 Å². The summed E-state index contributed by atoms with van der Waals surface area (Å²) in [5.41, 5.74) is 22.2. The van der Waals surface area contributed by atoms with E-state index in [0.717, 1.165) is 0 Å². The Labute approximate surface area is 339 Å². The van der Waals surface area contributed by atoms with E-state index in [1.54, 1.807) is 0 Å². The molecule has 2 heteroatoms. The van der Waals surface area contributed by atoms with Crippen LogP contribution in [0.1, 0.15) is 121 Å². The molecule has 0 atom stereocenters. The van der Waals surface area contributed by atoms with Crippen LogP contribution < -0.4 is 9.80 Å². The average Bonchev–Trinajstić information content (AvgIpc) is 3.99. The van der Waals surface area contributed by atoms with Crippen LogP contribution in [0.25, 0.3) is 35.4 Å². The van der Waals surface area contributed by atoms with Gasteiger partial charge in [0.2, 0.25) is 0 Å². The van der Waals surface area contributed by atoms with Crippen LogP contribution in [0.4, 0.5) is 22.7 Å². The van der Waals surface area contributed by atoms with Crippen LogP contribution in [-0.4, -0.2) is 14.1 Å². The van der Waals surface area contributed by atoms with E-state index in [1.165, 1.54) is 141 Å². The molecule has 5 aliphatic rings. The minimum absolute atomic E-state index is 0.0899. The highest BCUT2D eigenvalue weighted by Crippen LogP contribution is 2.58. The summed E-state index contributed by atoms with van der Waals surface area (Å²) < 4.78 is 0. The number of benzene rings is 6. The minimum atomic E-state index is -0.0899. The fraction of sp³-hybridized carbons (Fsp3) is 0.273. The van der Waals surface area contributed by atoms with Gasteiger partial charge in [0.05, 0.1) is 0 Å². The van der Waals surface area contributed by atoms with Crippen LogP contribution >= 0.6 is 0 Å². The Morgan fingerprint density at radius 1 is 0.386 bits per heavy atom. The minimum Gasteiger partial charge on any atom is -0.344 e. The van der Waals surface area contributed by atoms with E-state index in [1.807, 2.05) is 0 Å². The molecule has 3 aliphatic carbocycles. The molecular formula is C55H52N2. The van der Waals surface area contributed by atoms with Crippen molar-refractivity contribution in [2.75, 3.05) is 23.9 Å². The van der Waals surface area contributed by atoms with Crippen LogP contribution in [-0.2, 0) is 16.2 Å². The second kappa shape index (κ2) is 12.7. The third-order valence-electron chi connectivity index (χ3n) is 14.9. The SMILES string of the molecule is CN1c2ccccc2C2(CCCC2)c2ccc(/C=C/c3ccc4c(c3)C(C)(C)c3cc(/C=C/c5ccc6c(c5)N(C)c5ccccc5C65CCCC5)ccc3-4)cc21. The van der Waals surface area contributed by atoms with E-state index in [2.05, 4.69) is 183 Å². The Bertz CT molecular complexity index is 2480. The number of hydrogen-bond donors (Lipinski definition) is 0. The lowest BCUT2D eigenvalue weighted by Crippen LogP contribution is -2.33. The number of anilines is 4. The van der Waals surface area contributed by atoms with Crippen LogP contribution in [0.3, 0.4) is 0 Å². The van der Waals surface area contributed by atoms with Gasteiger partial charge in [-0.25, -0.2) is 0 Å². The maximum Gasteiger partial charge on any atom is 0.0455 e. The standard InChI is InChI=1S/C55H52N2/c1-53(2)47-33-37(17-19-39-23-27-45-51(35-39)56(3)49-15-7-5-13-43(49)54(45)29-9-10-30-54)21-25-41(47)42-26-22-38(34-48(42)53)18-20-40-24-28-46-52(36-40)57(4)50-16-8-6-14-44(50)55(46)31-11-12-32-55/h5-8,13-28,33-36H,9-12,29-32H2,1-4H3/b19-17+,20-18+. The van der Waals surface area contributed by atoms with Gasteiger partial charge in [-0.1, -0.05) is 161 Å². The fourth-order valence-electron chi connectivity index (χ4n) is 12.0. The van der Waals surface area contributed by atoms with Crippen molar-refractivity contribution < 1.29 is 0 Å². The summed E-state index contributed by atoms with van der Waals surface area (Å²) in [7, 11) is 4.48. The van der Waals surface area contributed by atoms with E-state index in [4.69, 9.17) is 0 Å². The molecule has 0 unspecified atom stereocenters. The lowest BCUT2D eigenvalue weighted by Gasteiger charge is -2.42. The number of para-hydroxylation sites is 2. The molecule has 0 aromatic heterocycles. The van der Waals surface area contributed by atoms with Crippen molar-refractivity contribution in [2.45, 2.75) is 81.5 Å². The topological polar surface area (TPSA) is 6.48 Å². The Hall–Kier alpha value is -5.60. The second-order valence-electron chi connectivity index (χ2n) is 18.2. The average molecular weight is 741 g/mol. The first-order chi connectivity index (χ1) is 27.8. The van der Waals surface area contributed by atoms with E-state index in [9.17, 15) is 0 Å². The van der Waals surface area contributed by atoms with Gasteiger partial charge in [-0.05, 0) is 117 Å². The molecule has 0 radical (unpaired) electrons. The smallest absolute Gasteiger partial charge is 0.0455 e. The first-order valence-corrected chi connectivity index (χ1v) is 21.4. The molecule has 2 fully saturated rings. The van der Waals surface area contributed by atoms with E-state index < -0.39 is 0 Å². The predicted octanol–water partition coefficient (Wildman–Crippen LogP) is 14.2. The van der Waals surface area contributed by atoms with E-state index in [-0.39, 0.29) is 16.2 Å². The fourth-order valence-corrected chi connectivity index (χ4v) is 12.0. The van der Waals surface area contributed by atoms with Crippen LogP contribution in [0.15, 0.2) is 121 Å². The maximum absolute atomic E-state index is 2.43. The van der Waals surface area contributed by atoms with Crippen LogP contribution in [0.5, 0.6) is 0 Å². The van der Waals surface area contributed by atoms with E-state index >= 15 is 0 Å². The zero-order chi connectivity index (χ0) is 38.5. The summed E-state index contributed by atoms with van der Waals surface area (Å²) in [6.07, 6.45) is 19.4. The summed E-state index contributed by atoms with van der Waals surface area (Å²) >= 11 is 0. The molecule has 2 heterocycles. The lowest BCUT2D eigenvalue weighted by molar-refractivity contribution is 0.528. The maximum atomic E-state index is 2.43. The zero-order valence-corrected chi connectivity index (χ0v) is 33.9. The normalized spacial score (nSPS) is 18.9. The van der Waals surface area contributed by atoms with E-state index in [0.29, 0.717) is 0 Å². The molecule has 2 aliphatic heterocycles. The van der Waals surface area contributed by atoms with Crippen molar-refractivity contribution in [1.82, 2.24) is 0 Å². The quantitative estimate of drug-likeness (QED) is 0.166.